The highest BCUT2D eigenvalue weighted by atomic mass is 32.2. The average Bonchev–Trinajstić information content (AvgIpc) is 3.29. The molecule has 0 atom stereocenters. The molecule has 2 aliphatic heterocycles. The Balaban J connectivity index is 1.40. The summed E-state index contributed by atoms with van der Waals surface area (Å²) in [5.74, 6) is 0.851. The van der Waals surface area contributed by atoms with Crippen LogP contribution in [0.4, 0.5) is 11.4 Å². The normalized spacial score (nSPS) is 17.1. The Morgan fingerprint density at radius 3 is 2.48 bits per heavy atom. The van der Waals surface area contributed by atoms with E-state index >= 15 is 0 Å². The predicted octanol–water partition coefficient (Wildman–Crippen LogP) is 2.90. The first kappa shape index (κ1) is 28.1. The minimum atomic E-state index is -3.74. The Morgan fingerprint density at radius 1 is 1.02 bits per heavy atom. The number of morpholine rings is 1. The maximum absolute atomic E-state index is 13.5. The highest BCUT2D eigenvalue weighted by Gasteiger charge is 2.28. The fourth-order valence-corrected chi connectivity index (χ4v) is 6.25. The molecule has 0 spiro atoms. The van der Waals surface area contributed by atoms with E-state index in [-0.39, 0.29) is 17.4 Å². The van der Waals surface area contributed by atoms with Gasteiger partial charge in [0.1, 0.15) is 18.1 Å². The van der Waals surface area contributed by atoms with Crippen LogP contribution >= 0.6 is 0 Å². The summed E-state index contributed by atoms with van der Waals surface area (Å²) in [6.45, 7) is 8.51. The number of carbonyl (C=O) groups excluding carboxylic acids is 1. The molecule has 1 amide bonds. The molecule has 5 rings (SSSR count). The van der Waals surface area contributed by atoms with E-state index < -0.39 is 10.0 Å². The van der Waals surface area contributed by atoms with Gasteiger partial charge in [-0.05, 0) is 57.3 Å². The van der Waals surface area contributed by atoms with E-state index in [1.165, 1.54) is 4.31 Å². The van der Waals surface area contributed by atoms with Crippen molar-refractivity contribution in [3.63, 3.8) is 0 Å². The fourth-order valence-electron chi connectivity index (χ4n) is 4.82. The molecule has 11 nitrogen and oxygen atoms in total. The first-order chi connectivity index (χ1) is 19.2. The van der Waals surface area contributed by atoms with Crippen LogP contribution in [0.2, 0.25) is 0 Å². The van der Waals surface area contributed by atoms with Crippen LogP contribution in [0.3, 0.4) is 0 Å². The molecule has 0 saturated carbocycles. The number of carbonyl (C=O) groups is 1. The van der Waals surface area contributed by atoms with Gasteiger partial charge < -0.3 is 29.1 Å². The smallest absolute Gasteiger partial charge is 0.255 e. The highest BCUT2D eigenvalue weighted by molar-refractivity contribution is 7.89. The second-order valence-corrected chi connectivity index (χ2v) is 12.0. The van der Waals surface area contributed by atoms with Crippen LogP contribution in [0.5, 0.6) is 5.75 Å². The topological polar surface area (TPSA) is 117 Å². The Morgan fingerprint density at radius 2 is 1.77 bits per heavy atom. The summed E-state index contributed by atoms with van der Waals surface area (Å²) in [6, 6.07) is 11.9. The molecule has 0 aliphatic carbocycles. The third kappa shape index (κ3) is 6.15. The Labute approximate surface area is 234 Å². The Hall–Kier alpha value is -3.45. The van der Waals surface area contributed by atoms with Gasteiger partial charge in [0.25, 0.3) is 5.91 Å². The van der Waals surface area contributed by atoms with Gasteiger partial charge in [0.05, 0.1) is 40.7 Å². The molecule has 40 heavy (non-hydrogen) atoms. The molecule has 12 heteroatoms. The van der Waals surface area contributed by atoms with Crippen molar-refractivity contribution in [1.29, 1.82) is 0 Å². The number of piperazine rings is 1. The van der Waals surface area contributed by atoms with Crippen LogP contribution < -0.4 is 15.0 Å². The number of amides is 1. The van der Waals surface area contributed by atoms with Crippen LogP contribution in [0.1, 0.15) is 27.4 Å². The Kier molecular flexibility index (Phi) is 8.40. The lowest BCUT2D eigenvalue weighted by Gasteiger charge is -2.35. The molecule has 2 fully saturated rings. The minimum Gasteiger partial charge on any atom is -0.489 e. The molecule has 1 aromatic heterocycles. The van der Waals surface area contributed by atoms with Crippen LogP contribution in [0.25, 0.3) is 0 Å². The van der Waals surface area contributed by atoms with Crippen molar-refractivity contribution in [2.45, 2.75) is 25.3 Å². The fraction of sp³-hybridized carbons (Fsp3) is 0.429. The van der Waals surface area contributed by atoms with Gasteiger partial charge in [-0.15, -0.1) is 0 Å². The largest absolute Gasteiger partial charge is 0.489 e. The number of sulfonamides is 1. The van der Waals surface area contributed by atoms with Gasteiger partial charge in [-0.25, -0.2) is 8.42 Å². The lowest BCUT2D eigenvalue weighted by Crippen LogP contribution is -2.44. The van der Waals surface area contributed by atoms with Crippen molar-refractivity contribution < 1.29 is 27.2 Å². The van der Waals surface area contributed by atoms with Gasteiger partial charge in [-0.1, -0.05) is 11.2 Å². The summed E-state index contributed by atoms with van der Waals surface area (Å²) in [4.78, 5) is 18.0. The molecule has 3 heterocycles. The number of aromatic nitrogens is 1. The van der Waals surface area contributed by atoms with E-state index in [1.807, 2.05) is 13.8 Å². The van der Waals surface area contributed by atoms with Gasteiger partial charge in [0, 0.05) is 44.8 Å². The van der Waals surface area contributed by atoms with Gasteiger partial charge in [-0.3, -0.25) is 4.79 Å². The zero-order valence-corrected chi connectivity index (χ0v) is 23.9. The number of hydrogen-bond donors (Lipinski definition) is 1. The number of hydrogen-bond acceptors (Lipinski definition) is 9. The first-order valence-electron chi connectivity index (χ1n) is 13.3. The van der Waals surface area contributed by atoms with Gasteiger partial charge >= 0.3 is 0 Å². The molecule has 2 saturated heterocycles. The number of likely N-dealkylation sites (N-methyl/N-ethyl adjacent to an activating group) is 1. The lowest BCUT2D eigenvalue weighted by atomic mass is 10.1. The number of ether oxygens (including phenoxy) is 2. The van der Waals surface area contributed by atoms with Gasteiger partial charge in [0.2, 0.25) is 10.0 Å². The second kappa shape index (κ2) is 12.0. The summed E-state index contributed by atoms with van der Waals surface area (Å²) < 4.78 is 44.7. The molecule has 1 N–H and O–H groups in total. The molecule has 3 aromatic rings. The third-order valence-electron chi connectivity index (χ3n) is 7.33. The molecular formula is C28H35N5O6S. The molecule has 0 bridgehead atoms. The number of anilines is 2. The van der Waals surface area contributed by atoms with Crippen LogP contribution in [-0.4, -0.2) is 88.2 Å². The maximum Gasteiger partial charge on any atom is 0.255 e. The lowest BCUT2D eigenvalue weighted by molar-refractivity contribution is 0.0730. The predicted molar refractivity (Wildman–Crippen MR) is 150 cm³/mol. The maximum atomic E-state index is 13.5. The molecule has 2 aromatic carbocycles. The minimum absolute atomic E-state index is 0.138. The van der Waals surface area contributed by atoms with Crippen molar-refractivity contribution in [3.05, 3.63) is 65.0 Å². The third-order valence-corrected chi connectivity index (χ3v) is 9.22. The quantitative estimate of drug-likeness (QED) is 0.437. The van der Waals surface area contributed by atoms with E-state index in [0.717, 1.165) is 43.1 Å². The average molecular weight is 570 g/mol. The molecule has 0 radical (unpaired) electrons. The van der Waals surface area contributed by atoms with E-state index in [4.69, 9.17) is 14.0 Å². The number of nitrogens with zero attached hydrogens (tertiary/aromatic N) is 4. The zero-order valence-electron chi connectivity index (χ0n) is 23.1. The van der Waals surface area contributed by atoms with E-state index in [1.54, 1.807) is 42.5 Å². The van der Waals surface area contributed by atoms with Crippen molar-refractivity contribution in [2.75, 3.05) is 69.7 Å². The highest BCUT2D eigenvalue weighted by Crippen LogP contribution is 2.32. The number of rotatable bonds is 8. The summed E-state index contributed by atoms with van der Waals surface area (Å²) in [5.41, 5.74) is 3.25. The van der Waals surface area contributed by atoms with Crippen molar-refractivity contribution >= 4 is 27.3 Å². The van der Waals surface area contributed by atoms with Crippen molar-refractivity contribution in [3.8, 4) is 5.75 Å². The Bertz CT molecular complexity index is 1440. The monoisotopic (exact) mass is 569 g/mol. The van der Waals surface area contributed by atoms with E-state index in [9.17, 15) is 13.2 Å². The summed E-state index contributed by atoms with van der Waals surface area (Å²) in [6.07, 6.45) is 0. The number of benzene rings is 2. The molecular weight excluding hydrogens is 534 g/mol. The van der Waals surface area contributed by atoms with Crippen LogP contribution in [0, 0.1) is 13.8 Å². The van der Waals surface area contributed by atoms with E-state index in [2.05, 4.69) is 27.3 Å². The summed E-state index contributed by atoms with van der Waals surface area (Å²) in [7, 11) is -1.67. The zero-order chi connectivity index (χ0) is 28.3. The molecule has 214 valence electrons. The van der Waals surface area contributed by atoms with Crippen molar-refractivity contribution in [2.24, 2.45) is 0 Å². The summed E-state index contributed by atoms with van der Waals surface area (Å²) in [5, 5.41) is 6.93. The van der Waals surface area contributed by atoms with Crippen LogP contribution in [0.15, 0.2) is 51.9 Å². The second-order valence-electron chi connectivity index (χ2n) is 10.1. The standard InChI is InChI=1S/C28H35N5O6S/c1-20-25(21(2)39-30-20)19-38-23-6-4-5-22(17-23)28(34)29-26-18-24(40(35,36)33-13-15-37-16-14-33)7-8-27(26)32-11-9-31(3)10-12-32/h4-8,17-18H,9-16,19H2,1-3H3,(H,29,34). The van der Waals surface area contributed by atoms with Gasteiger partial charge in [0.15, 0.2) is 0 Å². The van der Waals surface area contributed by atoms with Crippen molar-refractivity contribution in [1.82, 2.24) is 14.4 Å². The first-order valence-corrected chi connectivity index (χ1v) is 14.8. The number of aryl methyl sites for hydroxylation is 2. The van der Waals surface area contributed by atoms with E-state index in [0.29, 0.717) is 49.1 Å². The van der Waals surface area contributed by atoms with Gasteiger partial charge in [-0.2, -0.15) is 4.31 Å². The van der Waals surface area contributed by atoms with Crippen LogP contribution in [-0.2, 0) is 21.4 Å². The number of nitrogens with one attached hydrogen (secondary N) is 1. The molecule has 2 aliphatic rings. The SMILES string of the molecule is Cc1noc(C)c1COc1cccc(C(=O)Nc2cc(S(=O)(=O)N3CCOCC3)ccc2N2CCN(C)CC2)c1. The molecule has 0 unspecified atom stereocenters. The summed E-state index contributed by atoms with van der Waals surface area (Å²) >= 11 is 0.